The number of nitrogens with one attached hydrogen (secondary N) is 1. The Kier molecular flexibility index (Phi) is 5.86. The summed E-state index contributed by atoms with van der Waals surface area (Å²) in [6, 6.07) is 16.0. The smallest absolute Gasteiger partial charge is 0.308 e. The molecule has 3 rings (SSSR count). The summed E-state index contributed by atoms with van der Waals surface area (Å²) in [6.07, 6.45) is 5.22. The highest BCUT2D eigenvalue weighted by Crippen LogP contribution is 2.27. The van der Waals surface area contributed by atoms with Crippen molar-refractivity contribution in [3.05, 3.63) is 78.1 Å². The summed E-state index contributed by atoms with van der Waals surface area (Å²) >= 11 is 0. The summed E-state index contributed by atoms with van der Waals surface area (Å²) in [5, 5.41) is 4.01. The average molecular weight is 377 g/mol. The monoisotopic (exact) mass is 377 g/mol. The Balaban J connectivity index is 1.73. The third-order valence-corrected chi connectivity index (χ3v) is 3.85. The van der Waals surface area contributed by atoms with E-state index in [0.717, 1.165) is 5.69 Å². The molecule has 0 saturated heterocycles. The molecule has 0 unspecified atom stereocenters. The number of amides is 1. The number of carbonyl (C=O) groups is 2. The third-order valence-electron chi connectivity index (χ3n) is 3.85. The van der Waals surface area contributed by atoms with Gasteiger partial charge in [0.1, 0.15) is 0 Å². The van der Waals surface area contributed by atoms with E-state index < -0.39 is 5.97 Å². The maximum atomic E-state index is 12.5. The lowest BCUT2D eigenvalue weighted by Gasteiger charge is -2.09. The predicted molar refractivity (Wildman–Crippen MR) is 105 cm³/mol. The van der Waals surface area contributed by atoms with Gasteiger partial charge in [-0.2, -0.15) is 5.10 Å². The molecule has 0 aliphatic carbocycles. The van der Waals surface area contributed by atoms with Gasteiger partial charge < -0.3 is 14.0 Å². The second-order valence-corrected chi connectivity index (χ2v) is 5.81. The summed E-state index contributed by atoms with van der Waals surface area (Å²) in [5.41, 5.74) is 4.45. The number of ether oxygens (including phenoxy) is 2. The molecular formula is C21H19N3O4. The van der Waals surface area contributed by atoms with Gasteiger partial charge in [-0.15, -0.1) is 0 Å². The van der Waals surface area contributed by atoms with Crippen LogP contribution in [-0.4, -0.2) is 29.8 Å². The molecule has 7 heteroatoms. The Bertz CT molecular complexity index is 1010. The van der Waals surface area contributed by atoms with E-state index in [1.165, 1.54) is 20.2 Å². The van der Waals surface area contributed by atoms with E-state index >= 15 is 0 Å². The van der Waals surface area contributed by atoms with Gasteiger partial charge in [-0.05, 0) is 48.0 Å². The van der Waals surface area contributed by atoms with E-state index in [1.807, 2.05) is 41.2 Å². The molecule has 28 heavy (non-hydrogen) atoms. The first-order chi connectivity index (χ1) is 13.6. The lowest BCUT2D eigenvalue weighted by molar-refractivity contribution is -0.132. The predicted octanol–water partition coefficient (Wildman–Crippen LogP) is 3.18. The maximum absolute atomic E-state index is 12.5. The van der Waals surface area contributed by atoms with Crippen LogP contribution in [0.25, 0.3) is 5.69 Å². The van der Waals surface area contributed by atoms with Crippen LogP contribution in [0.1, 0.15) is 22.8 Å². The molecule has 0 fully saturated rings. The minimum absolute atomic E-state index is 0.317. The van der Waals surface area contributed by atoms with Crippen LogP contribution in [0.4, 0.5) is 0 Å². The fourth-order valence-corrected chi connectivity index (χ4v) is 2.62. The van der Waals surface area contributed by atoms with Crippen LogP contribution >= 0.6 is 0 Å². The van der Waals surface area contributed by atoms with Gasteiger partial charge in [0.25, 0.3) is 5.91 Å². The number of benzene rings is 2. The highest BCUT2D eigenvalue weighted by Gasteiger charge is 2.11. The van der Waals surface area contributed by atoms with Crippen LogP contribution in [0.15, 0.2) is 72.1 Å². The number of aromatic nitrogens is 1. The standard InChI is InChI=1S/C21H19N3O4/c1-15(25)28-19-10-9-16(13-20(19)27-2)14-22-23-21(26)17-7-3-4-8-18(17)24-11-5-6-12-24/h3-14H,1-2H3,(H,23,26)/b22-14-. The molecule has 0 bridgehead atoms. The number of methoxy groups -OCH3 is 1. The van der Waals surface area contributed by atoms with E-state index in [4.69, 9.17) is 9.47 Å². The molecule has 0 radical (unpaired) electrons. The molecule has 1 aromatic heterocycles. The minimum Gasteiger partial charge on any atom is -0.493 e. The fraction of sp³-hybridized carbons (Fsp3) is 0.0952. The summed E-state index contributed by atoms with van der Waals surface area (Å²) < 4.78 is 12.1. The number of hydrogen-bond donors (Lipinski definition) is 1. The van der Waals surface area contributed by atoms with Crippen molar-refractivity contribution in [3.8, 4) is 17.2 Å². The van der Waals surface area contributed by atoms with Crippen molar-refractivity contribution in [1.29, 1.82) is 0 Å². The van der Waals surface area contributed by atoms with Crippen LogP contribution in [-0.2, 0) is 4.79 Å². The van der Waals surface area contributed by atoms with Gasteiger partial charge in [-0.1, -0.05) is 12.1 Å². The summed E-state index contributed by atoms with van der Waals surface area (Å²) in [5.74, 6) is -0.0577. The van der Waals surface area contributed by atoms with Gasteiger partial charge in [-0.3, -0.25) is 9.59 Å². The minimum atomic E-state index is -0.437. The topological polar surface area (TPSA) is 81.9 Å². The number of nitrogens with zero attached hydrogens (tertiary/aromatic N) is 2. The molecule has 142 valence electrons. The quantitative estimate of drug-likeness (QED) is 0.310. The van der Waals surface area contributed by atoms with Crippen molar-refractivity contribution >= 4 is 18.1 Å². The summed E-state index contributed by atoms with van der Waals surface area (Å²) in [6.45, 7) is 1.32. The second-order valence-electron chi connectivity index (χ2n) is 5.81. The Labute approximate surface area is 162 Å². The molecule has 2 aromatic carbocycles. The first-order valence-corrected chi connectivity index (χ1v) is 8.50. The van der Waals surface area contributed by atoms with E-state index in [-0.39, 0.29) is 5.91 Å². The first-order valence-electron chi connectivity index (χ1n) is 8.50. The molecule has 1 amide bonds. The van der Waals surface area contributed by atoms with Gasteiger partial charge in [0.2, 0.25) is 0 Å². The Morgan fingerprint density at radius 3 is 2.50 bits per heavy atom. The number of rotatable bonds is 6. The molecule has 0 atom stereocenters. The molecule has 0 aliphatic heterocycles. The SMILES string of the molecule is COc1cc(/C=N\NC(=O)c2ccccc2-n2cccc2)ccc1OC(C)=O. The van der Waals surface area contributed by atoms with E-state index in [0.29, 0.717) is 22.6 Å². The highest BCUT2D eigenvalue weighted by atomic mass is 16.6. The summed E-state index contributed by atoms with van der Waals surface area (Å²) in [7, 11) is 1.48. The number of hydrogen-bond acceptors (Lipinski definition) is 5. The van der Waals surface area contributed by atoms with Gasteiger partial charge >= 0.3 is 5.97 Å². The molecule has 1 N–H and O–H groups in total. The van der Waals surface area contributed by atoms with Crippen LogP contribution in [0, 0.1) is 0 Å². The van der Waals surface area contributed by atoms with E-state index in [1.54, 1.807) is 30.3 Å². The van der Waals surface area contributed by atoms with Crippen molar-refractivity contribution in [1.82, 2.24) is 9.99 Å². The first kappa shape index (κ1) is 18.9. The molecular weight excluding hydrogens is 358 g/mol. The third kappa shape index (κ3) is 4.45. The zero-order valence-corrected chi connectivity index (χ0v) is 15.5. The van der Waals surface area contributed by atoms with Crippen LogP contribution in [0.2, 0.25) is 0 Å². The molecule has 1 heterocycles. The van der Waals surface area contributed by atoms with Crippen molar-refractivity contribution in [2.24, 2.45) is 5.10 Å². The second kappa shape index (κ2) is 8.68. The van der Waals surface area contributed by atoms with Crippen LogP contribution in [0.5, 0.6) is 11.5 Å². The zero-order valence-electron chi connectivity index (χ0n) is 15.5. The van der Waals surface area contributed by atoms with E-state index in [2.05, 4.69) is 10.5 Å². The van der Waals surface area contributed by atoms with Gasteiger partial charge in [0.15, 0.2) is 11.5 Å². The van der Waals surface area contributed by atoms with Gasteiger partial charge in [0.05, 0.1) is 24.6 Å². The zero-order chi connectivity index (χ0) is 19.9. The van der Waals surface area contributed by atoms with Gasteiger partial charge in [-0.25, -0.2) is 5.43 Å². The molecule has 0 spiro atoms. The molecule has 0 aliphatic rings. The fourth-order valence-electron chi connectivity index (χ4n) is 2.62. The lowest BCUT2D eigenvalue weighted by atomic mass is 10.1. The van der Waals surface area contributed by atoms with Crippen molar-refractivity contribution < 1.29 is 19.1 Å². The van der Waals surface area contributed by atoms with Crippen molar-refractivity contribution in [2.45, 2.75) is 6.92 Å². The Hall–Kier alpha value is -3.87. The number of para-hydroxylation sites is 1. The Morgan fingerprint density at radius 2 is 1.79 bits per heavy atom. The lowest BCUT2D eigenvalue weighted by Crippen LogP contribution is -2.19. The molecule has 3 aromatic rings. The Morgan fingerprint density at radius 1 is 1.04 bits per heavy atom. The number of carbonyl (C=O) groups excluding carboxylic acids is 2. The van der Waals surface area contributed by atoms with Crippen LogP contribution < -0.4 is 14.9 Å². The molecule has 0 saturated carbocycles. The number of esters is 1. The van der Waals surface area contributed by atoms with E-state index in [9.17, 15) is 9.59 Å². The summed E-state index contributed by atoms with van der Waals surface area (Å²) in [4.78, 5) is 23.6. The normalized spacial score (nSPS) is 10.6. The van der Waals surface area contributed by atoms with Crippen LogP contribution in [0.3, 0.4) is 0 Å². The largest absolute Gasteiger partial charge is 0.493 e. The van der Waals surface area contributed by atoms with Crippen molar-refractivity contribution in [3.63, 3.8) is 0 Å². The van der Waals surface area contributed by atoms with Gasteiger partial charge in [0, 0.05) is 19.3 Å². The maximum Gasteiger partial charge on any atom is 0.308 e. The van der Waals surface area contributed by atoms with Crippen molar-refractivity contribution in [2.75, 3.05) is 7.11 Å². The number of hydrazone groups is 1. The highest BCUT2D eigenvalue weighted by molar-refractivity contribution is 5.98. The molecule has 7 nitrogen and oxygen atoms in total. The average Bonchev–Trinajstić information content (AvgIpc) is 3.23.